The standard InChI is InChI=1S/C17H27NO2S/c1-11(2)16(19)10-17(20)18-13(5)14-6-8-15(9-7-14)21-12(3)4/h6-9,11-13,16,19H,10H2,1-5H3,(H,18,20). The maximum Gasteiger partial charge on any atom is 0.223 e. The van der Waals surface area contributed by atoms with Crippen molar-refractivity contribution in [3.8, 4) is 0 Å². The van der Waals surface area contributed by atoms with E-state index >= 15 is 0 Å². The summed E-state index contributed by atoms with van der Waals surface area (Å²) in [6.45, 7) is 10.1. The highest BCUT2D eigenvalue weighted by Gasteiger charge is 2.16. The van der Waals surface area contributed by atoms with Gasteiger partial charge in [0.25, 0.3) is 0 Å². The molecule has 2 atom stereocenters. The molecule has 0 aliphatic carbocycles. The lowest BCUT2D eigenvalue weighted by Crippen LogP contribution is -2.31. The number of nitrogens with one attached hydrogen (secondary N) is 1. The zero-order chi connectivity index (χ0) is 16.0. The van der Waals surface area contributed by atoms with Crippen LogP contribution < -0.4 is 5.32 Å². The molecule has 0 radical (unpaired) electrons. The molecule has 118 valence electrons. The molecule has 0 saturated carbocycles. The SMILES string of the molecule is CC(C)Sc1ccc(C(C)NC(=O)CC(O)C(C)C)cc1. The third kappa shape index (κ3) is 6.53. The van der Waals surface area contributed by atoms with Gasteiger partial charge in [-0.2, -0.15) is 0 Å². The molecule has 0 aromatic heterocycles. The number of carbonyl (C=O) groups is 1. The van der Waals surface area contributed by atoms with Crippen molar-refractivity contribution in [1.29, 1.82) is 0 Å². The predicted molar refractivity (Wildman–Crippen MR) is 89.5 cm³/mol. The van der Waals surface area contributed by atoms with Crippen LogP contribution in [-0.4, -0.2) is 22.4 Å². The number of amides is 1. The number of rotatable bonds is 7. The van der Waals surface area contributed by atoms with Crippen LogP contribution in [0.4, 0.5) is 0 Å². The highest BCUT2D eigenvalue weighted by molar-refractivity contribution is 7.99. The van der Waals surface area contributed by atoms with Gasteiger partial charge < -0.3 is 10.4 Å². The first-order chi connectivity index (χ1) is 9.79. The molecule has 1 amide bonds. The lowest BCUT2D eigenvalue weighted by Gasteiger charge is -2.18. The number of hydrogen-bond acceptors (Lipinski definition) is 3. The molecular formula is C17H27NO2S. The van der Waals surface area contributed by atoms with Gasteiger partial charge in [0.05, 0.1) is 18.6 Å². The van der Waals surface area contributed by atoms with Gasteiger partial charge in [0, 0.05) is 10.1 Å². The molecule has 0 heterocycles. The van der Waals surface area contributed by atoms with E-state index in [0.29, 0.717) is 5.25 Å². The van der Waals surface area contributed by atoms with Gasteiger partial charge >= 0.3 is 0 Å². The van der Waals surface area contributed by atoms with Crippen molar-refractivity contribution in [2.45, 2.75) is 63.3 Å². The van der Waals surface area contributed by atoms with Gasteiger partial charge in [0.15, 0.2) is 0 Å². The molecule has 0 aliphatic rings. The lowest BCUT2D eigenvalue weighted by molar-refractivity contribution is -0.124. The first kappa shape index (κ1) is 18.1. The van der Waals surface area contributed by atoms with Gasteiger partial charge in [-0.05, 0) is 30.5 Å². The van der Waals surface area contributed by atoms with Crippen LogP contribution in [0, 0.1) is 5.92 Å². The van der Waals surface area contributed by atoms with Crippen LogP contribution in [0.1, 0.15) is 52.6 Å². The number of carbonyl (C=O) groups excluding carboxylic acids is 1. The highest BCUT2D eigenvalue weighted by Crippen LogP contribution is 2.24. The van der Waals surface area contributed by atoms with E-state index in [9.17, 15) is 9.90 Å². The molecule has 1 aromatic carbocycles. The Morgan fingerprint density at radius 3 is 2.19 bits per heavy atom. The van der Waals surface area contributed by atoms with E-state index in [1.54, 1.807) is 0 Å². The van der Waals surface area contributed by atoms with Crippen LogP contribution in [0.25, 0.3) is 0 Å². The number of aliphatic hydroxyl groups is 1. The Morgan fingerprint density at radius 2 is 1.71 bits per heavy atom. The molecular weight excluding hydrogens is 282 g/mol. The molecule has 2 unspecified atom stereocenters. The van der Waals surface area contributed by atoms with Crippen molar-refractivity contribution >= 4 is 17.7 Å². The van der Waals surface area contributed by atoms with E-state index in [1.165, 1.54) is 4.90 Å². The summed E-state index contributed by atoms with van der Waals surface area (Å²) in [6, 6.07) is 8.23. The zero-order valence-electron chi connectivity index (χ0n) is 13.6. The molecule has 0 fully saturated rings. The van der Waals surface area contributed by atoms with E-state index in [2.05, 4.69) is 43.4 Å². The summed E-state index contributed by atoms with van der Waals surface area (Å²) in [6.07, 6.45) is -0.425. The Hall–Kier alpha value is -1.00. The fourth-order valence-corrected chi connectivity index (χ4v) is 2.75. The Balaban J connectivity index is 2.55. The van der Waals surface area contributed by atoms with E-state index in [0.717, 1.165) is 5.56 Å². The third-order valence-electron chi connectivity index (χ3n) is 3.29. The smallest absolute Gasteiger partial charge is 0.223 e. The number of thioether (sulfide) groups is 1. The van der Waals surface area contributed by atoms with Crippen LogP contribution in [0.2, 0.25) is 0 Å². The first-order valence-electron chi connectivity index (χ1n) is 7.53. The Bertz CT molecular complexity index is 443. The maximum atomic E-state index is 11.9. The largest absolute Gasteiger partial charge is 0.392 e. The fraction of sp³-hybridized carbons (Fsp3) is 0.588. The first-order valence-corrected chi connectivity index (χ1v) is 8.41. The van der Waals surface area contributed by atoms with Gasteiger partial charge in [0.2, 0.25) is 5.91 Å². The molecule has 0 spiro atoms. The van der Waals surface area contributed by atoms with Gasteiger partial charge in [-0.1, -0.05) is 39.8 Å². The Morgan fingerprint density at radius 1 is 1.14 bits per heavy atom. The second kappa shape index (κ2) is 8.44. The number of aliphatic hydroxyl groups excluding tert-OH is 1. The van der Waals surface area contributed by atoms with E-state index < -0.39 is 6.10 Å². The van der Waals surface area contributed by atoms with Crippen molar-refractivity contribution in [3.63, 3.8) is 0 Å². The monoisotopic (exact) mass is 309 g/mol. The van der Waals surface area contributed by atoms with Crippen LogP contribution in [0.3, 0.4) is 0 Å². The minimum Gasteiger partial charge on any atom is -0.392 e. The third-order valence-corrected chi connectivity index (χ3v) is 4.31. The van der Waals surface area contributed by atoms with Crippen LogP contribution in [0.15, 0.2) is 29.2 Å². The summed E-state index contributed by atoms with van der Waals surface area (Å²) >= 11 is 1.82. The molecule has 3 nitrogen and oxygen atoms in total. The van der Waals surface area contributed by atoms with Crippen molar-refractivity contribution in [3.05, 3.63) is 29.8 Å². The molecule has 1 aromatic rings. The molecule has 1 rings (SSSR count). The van der Waals surface area contributed by atoms with Crippen LogP contribution >= 0.6 is 11.8 Å². The van der Waals surface area contributed by atoms with Crippen LogP contribution in [-0.2, 0) is 4.79 Å². The second-order valence-electron chi connectivity index (χ2n) is 6.04. The number of hydrogen-bond donors (Lipinski definition) is 2. The molecule has 0 saturated heterocycles. The topological polar surface area (TPSA) is 49.3 Å². The predicted octanol–water partition coefficient (Wildman–Crippen LogP) is 3.77. The van der Waals surface area contributed by atoms with Crippen molar-refractivity contribution in [2.24, 2.45) is 5.92 Å². The Kier molecular flexibility index (Phi) is 7.26. The average molecular weight is 309 g/mol. The summed E-state index contributed by atoms with van der Waals surface area (Å²) in [5.41, 5.74) is 1.08. The summed E-state index contributed by atoms with van der Waals surface area (Å²) in [5.74, 6) is -0.0114. The van der Waals surface area contributed by atoms with Crippen LogP contribution in [0.5, 0.6) is 0 Å². The molecule has 2 N–H and O–H groups in total. The zero-order valence-corrected chi connectivity index (χ0v) is 14.4. The Labute approximate surface area is 132 Å². The average Bonchev–Trinajstić information content (AvgIpc) is 2.38. The summed E-state index contributed by atoms with van der Waals surface area (Å²) in [4.78, 5) is 13.1. The molecule has 0 aliphatic heterocycles. The summed E-state index contributed by atoms with van der Waals surface area (Å²) in [5, 5.41) is 13.2. The minimum absolute atomic E-state index is 0.0463. The quantitative estimate of drug-likeness (QED) is 0.754. The second-order valence-corrected chi connectivity index (χ2v) is 7.69. The van der Waals surface area contributed by atoms with E-state index in [4.69, 9.17) is 0 Å². The molecule has 21 heavy (non-hydrogen) atoms. The van der Waals surface area contributed by atoms with E-state index in [-0.39, 0.29) is 24.3 Å². The van der Waals surface area contributed by atoms with Crippen molar-refractivity contribution < 1.29 is 9.90 Å². The minimum atomic E-state index is -0.581. The van der Waals surface area contributed by atoms with Gasteiger partial charge in [0.1, 0.15) is 0 Å². The lowest BCUT2D eigenvalue weighted by atomic mass is 10.0. The van der Waals surface area contributed by atoms with Gasteiger partial charge in [-0.3, -0.25) is 4.79 Å². The van der Waals surface area contributed by atoms with E-state index in [1.807, 2.05) is 32.5 Å². The van der Waals surface area contributed by atoms with Crippen molar-refractivity contribution in [1.82, 2.24) is 5.32 Å². The van der Waals surface area contributed by atoms with Crippen molar-refractivity contribution in [2.75, 3.05) is 0 Å². The number of benzene rings is 1. The molecule has 4 heteroatoms. The maximum absolute atomic E-state index is 11.9. The van der Waals surface area contributed by atoms with Gasteiger partial charge in [-0.15, -0.1) is 11.8 Å². The summed E-state index contributed by atoms with van der Waals surface area (Å²) in [7, 11) is 0. The molecule has 0 bridgehead atoms. The fourth-order valence-electron chi connectivity index (χ4n) is 1.92. The normalized spacial score (nSPS) is 14.3. The van der Waals surface area contributed by atoms with Gasteiger partial charge in [-0.25, -0.2) is 0 Å². The highest BCUT2D eigenvalue weighted by atomic mass is 32.2. The summed E-state index contributed by atoms with van der Waals surface area (Å²) < 4.78 is 0.